The van der Waals surface area contributed by atoms with E-state index in [2.05, 4.69) is 26.8 Å². The van der Waals surface area contributed by atoms with Crippen molar-refractivity contribution >= 4 is 28.9 Å². The fourth-order valence-corrected chi connectivity index (χ4v) is 3.83. The molecule has 0 bridgehead atoms. The van der Waals surface area contributed by atoms with Gasteiger partial charge in [0.25, 0.3) is 0 Å². The highest BCUT2D eigenvalue weighted by atomic mass is 35.5. The van der Waals surface area contributed by atoms with Crippen LogP contribution in [0.1, 0.15) is 12.5 Å². The molecule has 0 fully saturated rings. The van der Waals surface area contributed by atoms with E-state index in [1.807, 2.05) is 37.1 Å². The van der Waals surface area contributed by atoms with Gasteiger partial charge in [0.1, 0.15) is 17.5 Å². The smallest absolute Gasteiger partial charge is 0.147 e. The zero-order valence-corrected chi connectivity index (χ0v) is 16.5. The van der Waals surface area contributed by atoms with E-state index in [9.17, 15) is 0 Å². The number of alkyl halides is 1. The molecule has 6 nitrogen and oxygen atoms in total. The average molecular weight is 401 g/mol. The minimum absolute atomic E-state index is 0.0188. The van der Waals surface area contributed by atoms with E-state index < -0.39 is 0 Å². The fourth-order valence-electron chi connectivity index (χ4n) is 3.60. The number of nitrogens with zero attached hydrogens (tertiary/aromatic N) is 4. The summed E-state index contributed by atoms with van der Waals surface area (Å²) >= 11 is 5.77. The molecular formula is C20H22ClFN6. The van der Waals surface area contributed by atoms with Gasteiger partial charge in [-0.25, -0.2) is 9.37 Å². The minimum Gasteiger partial charge on any atom is -0.353 e. The molecular weight excluding hydrogens is 379 g/mol. The highest BCUT2D eigenvalue weighted by molar-refractivity contribution is 6.17. The lowest BCUT2D eigenvalue weighted by atomic mass is 10.0. The third-order valence-electron chi connectivity index (χ3n) is 5.06. The molecule has 146 valence electrons. The number of pyridine rings is 1. The number of anilines is 3. The number of nitrogens with one attached hydrogen (secondary N) is 2. The molecule has 1 aliphatic heterocycles. The quantitative estimate of drug-likeness (QED) is 0.486. The van der Waals surface area contributed by atoms with Crippen molar-refractivity contribution in [2.75, 3.05) is 22.8 Å². The van der Waals surface area contributed by atoms with Gasteiger partial charge in [-0.1, -0.05) is 0 Å². The first-order valence-electron chi connectivity index (χ1n) is 9.16. The van der Waals surface area contributed by atoms with Crippen molar-refractivity contribution in [2.24, 2.45) is 7.05 Å². The van der Waals surface area contributed by atoms with Crippen LogP contribution in [0.15, 0.2) is 42.7 Å². The summed E-state index contributed by atoms with van der Waals surface area (Å²) in [6, 6.07) is 9.66. The molecule has 0 spiro atoms. The zero-order chi connectivity index (χ0) is 19.7. The van der Waals surface area contributed by atoms with Crippen LogP contribution in [0, 0.1) is 5.82 Å². The summed E-state index contributed by atoms with van der Waals surface area (Å²) in [5.41, 5.74) is 3.42. The van der Waals surface area contributed by atoms with Gasteiger partial charge in [-0.15, -0.1) is 11.6 Å². The summed E-state index contributed by atoms with van der Waals surface area (Å²) in [6.45, 7) is 2.76. The van der Waals surface area contributed by atoms with Crippen LogP contribution < -0.4 is 15.5 Å². The number of halogens is 2. The standard InChI is InChI=1S/C20H22ClFN6/c1-13(24-12-21)28-8-5-15-9-16(10-17(22)20(15)28)14-3-6-23-18(11-14)26-19-4-7-25-27(19)2/h3-4,6-7,9-11,13,24H,5,8,12H2,1-2H3,(H,23,26). The van der Waals surface area contributed by atoms with Gasteiger partial charge in [0.15, 0.2) is 0 Å². The Labute approximate surface area is 168 Å². The van der Waals surface area contributed by atoms with Gasteiger partial charge in [-0.05, 0) is 54.3 Å². The second-order valence-corrected chi connectivity index (χ2v) is 7.08. The number of aromatic nitrogens is 3. The Kier molecular flexibility index (Phi) is 5.19. The van der Waals surface area contributed by atoms with Crippen LogP contribution in [0.5, 0.6) is 0 Å². The topological polar surface area (TPSA) is 58.0 Å². The molecule has 3 heterocycles. The van der Waals surface area contributed by atoms with Gasteiger partial charge in [0.2, 0.25) is 0 Å². The molecule has 2 N–H and O–H groups in total. The molecule has 0 saturated carbocycles. The maximum atomic E-state index is 15.0. The monoisotopic (exact) mass is 400 g/mol. The Morgan fingerprint density at radius 2 is 2.07 bits per heavy atom. The summed E-state index contributed by atoms with van der Waals surface area (Å²) < 4.78 is 16.7. The van der Waals surface area contributed by atoms with E-state index in [1.54, 1.807) is 23.1 Å². The van der Waals surface area contributed by atoms with Crippen LogP contribution in [0.4, 0.5) is 21.7 Å². The van der Waals surface area contributed by atoms with E-state index in [4.69, 9.17) is 11.6 Å². The summed E-state index contributed by atoms with van der Waals surface area (Å²) in [6.07, 6.45) is 4.22. The molecule has 0 amide bonds. The Bertz CT molecular complexity index is 989. The van der Waals surface area contributed by atoms with E-state index in [0.717, 1.165) is 35.5 Å². The van der Waals surface area contributed by atoms with Crippen molar-refractivity contribution in [2.45, 2.75) is 19.5 Å². The van der Waals surface area contributed by atoms with Gasteiger partial charge in [0.05, 0.1) is 24.1 Å². The van der Waals surface area contributed by atoms with Gasteiger partial charge in [-0.3, -0.25) is 10.00 Å². The molecule has 28 heavy (non-hydrogen) atoms. The highest BCUT2D eigenvalue weighted by Crippen LogP contribution is 2.36. The molecule has 0 radical (unpaired) electrons. The lowest BCUT2D eigenvalue weighted by molar-refractivity contribution is 0.550. The summed E-state index contributed by atoms with van der Waals surface area (Å²) in [5, 5.41) is 10.5. The van der Waals surface area contributed by atoms with E-state index in [-0.39, 0.29) is 12.0 Å². The molecule has 1 atom stereocenters. The Hall–Kier alpha value is -2.64. The number of hydrogen-bond acceptors (Lipinski definition) is 5. The normalized spacial score (nSPS) is 14.2. The number of hydrogen-bond donors (Lipinski definition) is 2. The summed E-state index contributed by atoms with van der Waals surface area (Å²) in [5.74, 6) is 1.30. The molecule has 4 rings (SSSR count). The third kappa shape index (κ3) is 3.55. The van der Waals surface area contributed by atoms with Gasteiger partial charge < -0.3 is 10.2 Å². The number of fused-ring (bicyclic) bond motifs is 1. The molecule has 0 saturated heterocycles. The maximum Gasteiger partial charge on any atom is 0.147 e. The largest absolute Gasteiger partial charge is 0.353 e. The Morgan fingerprint density at radius 1 is 1.21 bits per heavy atom. The lowest BCUT2D eigenvalue weighted by Crippen LogP contribution is -2.42. The minimum atomic E-state index is -0.217. The van der Waals surface area contributed by atoms with Crippen molar-refractivity contribution < 1.29 is 4.39 Å². The first-order valence-corrected chi connectivity index (χ1v) is 9.70. The van der Waals surface area contributed by atoms with Crippen molar-refractivity contribution in [1.82, 2.24) is 20.1 Å². The SMILES string of the molecule is CC(NCCl)N1CCc2cc(-c3ccnc(Nc4ccnn4C)c3)cc(F)c21. The van der Waals surface area contributed by atoms with E-state index in [0.29, 0.717) is 17.5 Å². The molecule has 1 aliphatic rings. The van der Waals surface area contributed by atoms with E-state index >= 15 is 4.39 Å². The van der Waals surface area contributed by atoms with Crippen LogP contribution in [0.3, 0.4) is 0 Å². The predicted octanol–water partition coefficient (Wildman–Crippen LogP) is 3.86. The predicted molar refractivity (Wildman–Crippen MR) is 110 cm³/mol. The molecule has 8 heteroatoms. The zero-order valence-electron chi connectivity index (χ0n) is 15.8. The first-order chi connectivity index (χ1) is 13.6. The molecule has 0 aliphatic carbocycles. The maximum absolute atomic E-state index is 15.0. The Morgan fingerprint density at radius 3 is 2.82 bits per heavy atom. The third-order valence-corrected chi connectivity index (χ3v) is 5.22. The van der Waals surface area contributed by atoms with Gasteiger partial charge >= 0.3 is 0 Å². The average Bonchev–Trinajstić information content (AvgIpc) is 3.29. The Balaban J connectivity index is 1.63. The van der Waals surface area contributed by atoms with Crippen LogP contribution >= 0.6 is 11.6 Å². The first kappa shape index (κ1) is 18.7. The van der Waals surface area contributed by atoms with Crippen molar-refractivity contribution in [3.8, 4) is 11.1 Å². The second kappa shape index (κ2) is 7.77. The van der Waals surface area contributed by atoms with Gasteiger partial charge in [0, 0.05) is 25.9 Å². The molecule has 3 aromatic rings. The van der Waals surface area contributed by atoms with Crippen LogP contribution in [-0.2, 0) is 13.5 Å². The molecule has 1 unspecified atom stereocenters. The van der Waals surface area contributed by atoms with Crippen molar-refractivity contribution in [1.29, 1.82) is 0 Å². The number of benzene rings is 1. The van der Waals surface area contributed by atoms with Crippen LogP contribution in [-0.4, -0.2) is 33.5 Å². The number of rotatable bonds is 6. The molecule has 1 aromatic carbocycles. The second-order valence-electron chi connectivity index (χ2n) is 6.82. The molecule has 2 aromatic heterocycles. The van der Waals surface area contributed by atoms with Crippen molar-refractivity contribution in [3.05, 3.63) is 54.1 Å². The summed E-state index contributed by atoms with van der Waals surface area (Å²) in [4.78, 5) is 6.38. The van der Waals surface area contributed by atoms with E-state index in [1.165, 1.54) is 0 Å². The van der Waals surface area contributed by atoms with Gasteiger partial charge in [-0.2, -0.15) is 5.10 Å². The van der Waals surface area contributed by atoms with Crippen LogP contribution in [0.2, 0.25) is 0 Å². The highest BCUT2D eigenvalue weighted by Gasteiger charge is 2.27. The lowest BCUT2D eigenvalue weighted by Gasteiger charge is -2.27. The fraction of sp³-hybridized carbons (Fsp3) is 0.300. The number of aryl methyl sites for hydroxylation is 1. The van der Waals surface area contributed by atoms with Crippen molar-refractivity contribution in [3.63, 3.8) is 0 Å². The van der Waals surface area contributed by atoms with Crippen LogP contribution in [0.25, 0.3) is 11.1 Å². The summed E-state index contributed by atoms with van der Waals surface area (Å²) in [7, 11) is 1.86.